The maximum absolute atomic E-state index is 12.6. The van der Waals surface area contributed by atoms with E-state index >= 15 is 0 Å². The lowest BCUT2D eigenvalue weighted by molar-refractivity contribution is -0.131. The van der Waals surface area contributed by atoms with Crippen molar-refractivity contribution in [1.29, 1.82) is 0 Å². The van der Waals surface area contributed by atoms with Crippen molar-refractivity contribution in [3.8, 4) is 0 Å². The first-order valence-electron chi connectivity index (χ1n) is 8.91. The van der Waals surface area contributed by atoms with Gasteiger partial charge < -0.3 is 14.8 Å². The highest BCUT2D eigenvalue weighted by Crippen LogP contribution is 2.22. The number of hydrogen-bond acceptors (Lipinski definition) is 5. The zero-order valence-electron chi connectivity index (χ0n) is 15.2. The molecule has 25 heavy (non-hydrogen) atoms. The van der Waals surface area contributed by atoms with Crippen LogP contribution in [-0.4, -0.2) is 55.5 Å². The molecule has 2 aromatic rings. The van der Waals surface area contributed by atoms with E-state index in [0.29, 0.717) is 12.5 Å². The Kier molecular flexibility index (Phi) is 5.47. The lowest BCUT2D eigenvalue weighted by atomic mass is 9.96. The maximum Gasteiger partial charge on any atom is 0.244 e. The van der Waals surface area contributed by atoms with Gasteiger partial charge in [0.05, 0.1) is 6.54 Å². The van der Waals surface area contributed by atoms with Crippen LogP contribution in [0.5, 0.6) is 0 Å². The summed E-state index contributed by atoms with van der Waals surface area (Å²) in [5, 5.41) is 15.9. The molecule has 0 spiro atoms. The molecule has 0 bridgehead atoms. The monoisotopic (exact) mass is 345 g/mol. The van der Waals surface area contributed by atoms with Crippen molar-refractivity contribution in [2.75, 3.05) is 20.1 Å². The molecule has 1 aliphatic rings. The standard InChI is InChI=1S/C17H27N7O/c1-13(2)23-12-19-21-16(23)10-22(3)17(25)11-24-15(6-8-20-24)14-5-4-7-18-9-14/h6,8,12-14,18H,4-5,7,9-11H2,1-3H3/t14-/m1/s1. The van der Waals surface area contributed by atoms with Crippen LogP contribution < -0.4 is 5.32 Å². The third kappa shape index (κ3) is 4.07. The molecule has 1 aliphatic heterocycles. The number of rotatable bonds is 6. The molecule has 136 valence electrons. The van der Waals surface area contributed by atoms with Crippen LogP contribution in [-0.2, 0) is 17.9 Å². The molecule has 1 fully saturated rings. The SMILES string of the molecule is CC(C)n1cnnc1CN(C)C(=O)Cn1nccc1[C@@H]1CCCNC1. The van der Waals surface area contributed by atoms with Gasteiger partial charge in [0.1, 0.15) is 12.9 Å². The first-order chi connectivity index (χ1) is 12.1. The Labute approximate surface area is 148 Å². The highest BCUT2D eigenvalue weighted by molar-refractivity contribution is 5.75. The van der Waals surface area contributed by atoms with E-state index in [0.717, 1.165) is 37.4 Å². The number of amides is 1. The summed E-state index contributed by atoms with van der Waals surface area (Å²) in [4.78, 5) is 14.3. The van der Waals surface area contributed by atoms with Crippen LogP contribution in [0.1, 0.15) is 50.2 Å². The molecule has 3 rings (SSSR count). The minimum Gasteiger partial charge on any atom is -0.337 e. The number of nitrogens with one attached hydrogen (secondary N) is 1. The second kappa shape index (κ2) is 7.77. The quantitative estimate of drug-likeness (QED) is 0.850. The predicted molar refractivity (Wildman–Crippen MR) is 94.0 cm³/mol. The molecule has 1 atom stereocenters. The van der Waals surface area contributed by atoms with Gasteiger partial charge in [-0.3, -0.25) is 9.48 Å². The summed E-state index contributed by atoms with van der Waals surface area (Å²) in [6.07, 6.45) is 5.79. The Morgan fingerprint density at radius 3 is 3.04 bits per heavy atom. The van der Waals surface area contributed by atoms with Crippen LogP contribution in [0.4, 0.5) is 0 Å². The molecule has 3 heterocycles. The molecule has 1 N–H and O–H groups in total. The van der Waals surface area contributed by atoms with Gasteiger partial charge in [0, 0.05) is 37.4 Å². The number of piperidine rings is 1. The second-order valence-corrected chi connectivity index (χ2v) is 6.95. The van der Waals surface area contributed by atoms with Gasteiger partial charge in [-0.1, -0.05) is 0 Å². The molecule has 0 unspecified atom stereocenters. The highest BCUT2D eigenvalue weighted by Gasteiger charge is 2.21. The number of nitrogens with zero attached hydrogens (tertiary/aromatic N) is 6. The van der Waals surface area contributed by atoms with Crippen molar-refractivity contribution in [3.05, 3.63) is 30.1 Å². The van der Waals surface area contributed by atoms with E-state index in [1.165, 1.54) is 0 Å². The molecule has 1 amide bonds. The van der Waals surface area contributed by atoms with Crippen molar-refractivity contribution in [2.45, 2.75) is 51.7 Å². The number of likely N-dealkylation sites (N-methyl/N-ethyl adjacent to an activating group) is 1. The minimum atomic E-state index is 0.0204. The van der Waals surface area contributed by atoms with Gasteiger partial charge in [-0.15, -0.1) is 10.2 Å². The largest absolute Gasteiger partial charge is 0.337 e. The summed E-state index contributed by atoms with van der Waals surface area (Å²) in [5.41, 5.74) is 1.14. The minimum absolute atomic E-state index is 0.0204. The summed E-state index contributed by atoms with van der Waals surface area (Å²) in [6, 6.07) is 2.30. The highest BCUT2D eigenvalue weighted by atomic mass is 16.2. The molecule has 8 heteroatoms. The van der Waals surface area contributed by atoms with Gasteiger partial charge in [0.25, 0.3) is 0 Å². The fraction of sp³-hybridized carbons (Fsp3) is 0.647. The van der Waals surface area contributed by atoms with Gasteiger partial charge in [-0.25, -0.2) is 0 Å². The second-order valence-electron chi connectivity index (χ2n) is 6.95. The van der Waals surface area contributed by atoms with E-state index in [-0.39, 0.29) is 18.5 Å². The Hall–Kier alpha value is -2.22. The lowest BCUT2D eigenvalue weighted by Gasteiger charge is -2.24. The number of carbonyl (C=O) groups is 1. The summed E-state index contributed by atoms with van der Waals surface area (Å²) >= 11 is 0. The maximum atomic E-state index is 12.6. The molecule has 0 radical (unpaired) electrons. The van der Waals surface area contributed by atoms with Crippen molar-refractivity contribution in [3.63, 3.8) is 0 Å². The van der Waals surface area contributed by atoms with Crippen LogP contribution in [0.2, 0.25) is 0 Å². The Morgan fingerprint density at radius 2 is 2.32 bits per heavy atom. The van der Waals surface area contributed by atoms with E-state index in [1.54, 1.807) is 24.5 Å². The first kappa shape index (κ1) is 17.6. The summed E-state index contributed by atoms with van der Waals surface area (Å²) in [6.45, 7) is 6.87. The topological polar surface area (TPSA) is 80.9 Å². The summed E-state index contributed by atoms with van der Waals surface area (Å²) in [7, 11) is 1.80. The summed E-state index contributed by atoms with van der Waals surface area (Å²) in [5.74, 6) is 1.24. The van der Waals surface area contributed by atoms with Gasteiger partial charge in [0.2, 0.25) is 5.91 Å². The van der Waals surface area contributed by atoms with E-state index < -0.39 is 0 Å². The molecule has 2 aromatic heterocycles. The van der Waals surface area contributed by atoms with E-state index in [4.69, 9.17) is 0 Å². The zero-order chi connectivity index (χ0) is 17.8. The van der Waals surface area contributed by atoms with E-state index in [2.05, 4.69) is 34.5 Å². The Bertz CT molecular complexity index is 699. The number of aromatic nitrogens is 5. The van der Waals surface area contributed by atoms with Crippen molar-refractivity contribution in [1.82, 2.24) is 34.8 Å². The molecule has 0 aromatic carbocycles. The van der Waals surface area contributed by atoms with Crippen LogP contribution in [0.15, 0.2) is 18.6 Å². The van der Waals surface area contributed by atoms with Gasteiger partial charge in [0.15, 0.2) is 5.82 Å². The van der Waals surface area contributed by atoms with Gasteiger partial charge >= 0.3 is 0 Å². The fourth-order valence-electron chi connectivity index (χ4n) is 3.29. The lowest BCUT2D eigenvalue weighted by Crippen LogP contribution is -2.33. The third-order valence-corrected chi connectivity index (χ3v) is 4.76. The zero-order valence-corrected chi connectivity index (χ0v) is 15.2. The Balaban J connectivity index is 1.64. The van der Waals surface area contributed by atoms with Crippen LogP contribution in [0, 0.1) is 0 Å². The molecule has 0 saturated carbocycles. The van der Waals surface area contributed by atoms with Crippen LogP contribution in [0.3, 0.4) is 0 Å². The van der Waals surface area contributed by atoms with Crippen LogP contribution in [0.25, 0.3) is 0 Å². The van der Waals surface area contributed by atoms with Crippen LogP contribution >= 0.6 is 0 Å². The number of hydrogen-bond donors (Lipinski definition) is 1. The van der Waals surface area contributed by atoms with E-state index in [9.17, 15) is 4.79 Å². The van der Waals surface area contributed by atoms with Gasteiger partial charge in [-0.05, 0) is 39.3 Å². The van der Waals surface area contributed by atoms with Crippen molar-refractivity contribution < 1.29 is 4.79 Å². The molecular weight excluding hydrogens is 318 g/mol. The molecular formula is C17H27N7O. The average Bonchev–Trinajstić information content (AvgIpc) is 3.25. The number of carbonyl (C=O) groups excluding carboxylic acids is 1. The molecule has 0 aliphatic carbocycles. The fourth-order valence-corrected chi connectivity index (χ4v) is 3.29. The predicted octanol–water partition coefficient (Wildman–Crippen LogP) is 1.18. The van der Waals surface area contributed by atoms with E-state index in [1.807, 2.05) is 15.3 Å². The average molecular weight is 345 g/mol. The molecule has 8 nitrogen and oxygen atoms in total. The summed E-state index contributed by atoms with van der Waals surface area (Å²) < 4.78 is 3.82. The molecule has 1 saturated heterocycles. The normalized spacial score (nSPS) is 17.8. The van der Waals surface area contributed by atoms with Crippen molar-refractivity contribution >= 4 is 5.91 Å². The smallest absolute Gasteiger partial charge is 0.244 e. The third-order valence-electron chi connectivity index (χ3n) is 4.76. The van der Waals surface area contributed by atoms with Gasteiger partial charge in [-0.2, -0.15) is 5.10 Å². The first-order valence-corrected chi connectivity index (χ1v) is 8.91. The van der Waals surface area contributed by atoms with Crippen molar-refractivity contribution in [2.24, 2.45) is 0 Å². The Morgan fingerprint density at radius 1 is 1.48 bits per heavy atom.